The van der Waals surface area contributed by atoms with Gasteiger partial charge < -0.3 is 29.7 Å². The summed E-state index contributed by atoms with van der Waals surface area (Å²) >= 11 is 0. The van der Waals surface area contributed by atoms with Crippen LogP contribution in [0.25, 0.3) is 11.3 Å². The monoisotopic (exact) mass is 654 g/mol. The van der Waals surface area contributed by atoms with Gasteiger partial charge in [-0.15, -0.1) is 0 Å². The maximum Gasteiger partial charge on any atom is 0.420 e. The van der Waals surface area contributed by atoms with Gasteiger partial charge in [-0.2, -0.15) is 4.98 Å². The van der Waals surface area contributed by atoms with Crippen molar-refractivity contribution < 1.29 is 23.8 Å². The van der Waals surface area contributed by atoms with Crippen LogP contribution < -0.4 is 29.7 Å². The third kappa shape index (κ3) is 9.22. The Balaban J connectivity index is 1.56. The van der Waals surface area contributed by atoms with Crippen LogP contribution in [0.3, 0.4) is 0 Å². The minimum absolute atomic E-state index is 0.0423. The number of aromatic nitrogens is 2. The van der Waals surface area contributed by atoms with Crippen LogP contribution >= 0.6 is 0 Å². The van der Waals surface area contributed by atoms with Crippen molar-refractivity contribution in [3.05, 3.63) is 83.4 Å². The van der Waals surface area contributed by atoms with Gasteiger partial charge in [-0.05, 0) is 87.8 Å². The van der Waals surface area contributed by atoms with E-state index in [2.05, 4.69) is 34.4 Å². The van der Waals surface area contributed by atoms with Gasteiger partial charge in [0.1, 0.15) is 11.5 Å². The Morgan fingerprint density at radius 2 is 1.65 bits per heavy atom. The molecule has 2 amide bonds. The molecule has 11 heteroatoms. The Kier molecular flexibility index (Phi) is 12.7. The third-order valence-corrected chi connectivity index (χ3v) is 8.26. The highest BCUT2D eigenvalue weighted by Gasteiger charge is 2.21. The molecular weight excluding hydrogens is 608 g/mol. The number of amides is 2. The van der Waals surface area contributed by atoms with Crippen molar-refractivity contribution >= 4 is 29.3 Å². The molecule has 0 radical (unpaired) electrons. The Labute approximate surface area is 283 Å². The van der Waals surface area contributed by atoms with Crippen molar-refractivity contribution in [1.82, 2.24) is 20.2 Å². The van der Waals surface area contributed by atoms with Crippen LogP contribution in [-0.2, 0) is 0 Å². The molecule has 4 rings (SSSR count). The average molecular weight is 655 g/mol. The minimum Gasteiger partial charge on any atom is -0.497 e. The number of carbonyl (C=O) groups is 2. The lowest BCUT2D eigenvalue weighted by Gasteiger charge is -2.20. The zero-order valence-electron chi connectivity index (χ0n) is 28.9. The SMILES string of the molecule is CCN(CC)CCCCNC(=O)c1cccc(Nc2nc(OC(=O)N(C)c3cc(OC)ccc3OC)cc(-c3cccc(C)c3C)n2)c1. The first kappa shape index (κ1) is 35.7. The number of benzene rings is 3. The van der Waals surface area contributed by atoms with E-state index in [0.29, 0.717) is 40.7 Å². The molecule has 0 saturated heterocycles. The van der Waals surface area contributed by atoms with Crippen LogP contribution in [0.2, 0.25) is 0 Å². The normalized spacial score (nSPS) is 10.8. The lowest BCUT2D eigenvalue weighted by atomic mass is 10.0. The highest BCUT2D eigenvalue weighted by atomic mass is 16.6. The van der Waals surface area contributed by atoms with E-state index in [1.165, 1.54) is 12.0 Å². The molecule has 4 aromatic rings. The van der Waals surface area contributed by atoms with Crippen molar-refractivity contribution in [1.29, 1.82) is 0 Å². The van der Waals surface area contributed by atoms with Crippen LogP contribution in [0, 0.1) is 13.8 Å². The van der Waals surface area contributed by atoms with E-state index in [-0.39, 0.29) is 17.7 Å². The highest BCUT2D eigenvalue weighted by Crippen LogP contribution is 2.33. The van der Waals surface area contributed by atoms with Gasteiger partial charge in [0.15, 0.2) is 0 Å². The second-order valence-corrected chi connectivity index (χ2v) is 11.3. The molecule has 2 N–H and O–H groups in total. The average Bonchev–Trinajstić information content (AvgIpc) is 3.10. The summed E-state index contributed by atoms with van der Waals surface area (Å²) < 4.78 is 16.6. The Hall–Kier alpha value is -5.16. The van der Waals surface area contributed by atoms with Crippen molar-refractivity contribution in [3.8, 4) is 28.6 Å². The van der Waals surface area contributed by atoms with E-state index in [1.807, 2.05) is 38.1 Å². The number of nitrogens with one attached hydrogen (secondary N) is 2. The fourth-order valence-corrected chi connectivity index (χ4v) is 5.19. The summed E-state index contributed by atoms with van der Waals surface area (Å²) in [6.45, 7) is 12.0. The zero-order chi connectivity index (χ0) is 34.6. The molecule has 0 atom stereocenters. The van der Waals surface area contributed by atoms with Gasteiger partial charge in [-0.3, -0.25) is 9.69 Å². The molecule has 254 valence electrons. The molecule has 3 aromatic carbocycles. The summed E-state index contributed by atoms with van der Waals surface area (Å²) in [5, 5.41) is 6.22. The lowest BCUT2D eigenvalue weighted by molar-refractivity contribution is 0.0952. The molecule has 1 aromatic heterocycles. The summed E-state index contributed by atoms with van der Waals surface area (Å²) in [6, 6.07) is 19.8. The number of carbonyl (C=O) groups excluding carboxylic acids is 2. The number of hydrogen-bond acceptors (Lipinski definition) is 9. The fourth-order valence-electron chi connectivity index (χ4n) is 5.19. The fraction of sp³-hybridized carbons (Fsp3) is 0.351. The maximum atomic E-state index is 13.4. The standard InChI is InChI=1S/C37H46N6O5/c1-8-43(9-2)21-11-10-20-38-35(44)27-15-13-16-28(22-27)39-36-40-31(30-17-12-14-25(3)26(30)4)24-34(41-36)48-37(45)42(5)32-23-29(46-6)18-19-33(32)47-7/h12-19,22-24H,8-11,20-21H2,1-7H3,(H,38,44)(H,39,40,41). The molecule has 0 saturated carbocycles. The number of nitrogens with zero attached hydrogens (tertiary/aromatic N) is 4. The minimum atomic E-state index is -0.686. The largest absolute Gasteiger partial charge is 0.497 e. The van der Waals surface area contributed by atoms with Crippen LogP contribution in [0.5, 0.6) is 17.4 Å². The summed E-state index contributed by atoms with van der Waals surface area (Å²) in [5.41, 5.74) is 5.14. The van der Waals surface area contributed by atoms with E-state index < -0.39 is 6.09 Å². The molecule has 0 fully saturated rings. The van der Waals surface area contributed by atoms with E-state index >= 15 is 0 Å². The van der Waals surface area contributed by atoms with Crippen LogP contribution in [-0.4, -0.2) is 74.3 Å². The van der Waals surface area contributed by atoms with Gasteiger partial charge >= 0.3 is 6.09 Å². The smallest absolute Gasteiger partial charge is 0.420 e. The first-order valence-corrected chi connectivity index (χ1v) is 16.2. The van der Waals surface area contributed by atoms with E-state index in [4.69, 9.17) is 19.2 Å². The molecule has 0 unspecified atom stereocenters. The number of rotatable bonds is 15. The number of hydrogen-bond donors (Lipinski definition) is 2. The molecule has 0 bridgehead atoms. The molecule has 48 heavy (non-hydrogen) atoms. The molecule has 1 heterocycles. The first-order chi connectivity index (χ1) is 23.2. The molecule has 0 aliphatic carbocycles. The number of methoxy groups -OCH3 is 2. The molecule has 0 spiro atoms. The van der Waals surface area contributed by atoms with E-state index in [0.717, 1.165) is 49.2 Å². The van der Waals surface area contributed by atoms with Gasteiger partial charge in [0, 0.05) is 42.5 Å². The summed E-state index contributed by atoms with van der Waals surface area (Å²) in [6.07, 6.45) is 1.24. The van der Waals surface area contributed by atoms with Gasteiger partial charge in [0.25, 0.3) is 5.91 Å². The van der Waals surface area contributed by atoms with Gasteiger partial charge in [-0.25, -0.2) is 9.78 Å². The first-order valence-electron chi connectivity index (χ1n) is 16.2. The third-order valence-electron chi connectivity index (χ3n) is 8.26. The van der Waals surface area contributed by atoms with E-state index in [1.54, 1.807) is 56.6 Å². The summed E-state index contributed by atoms with van der Waals surface area (Å²) in [7, 11) is 4.65. The van der Waals surface area contributed by atoms with Gasteiger partial charge in [-0.1, -0.05) is 38.1 Å². The number of ether oxygens (including phenoxy) is 3. The highest BCUT2D eigenvalue weighted by molar-refractivity contribution is 5.95. The second-order valence-electron chi connectivity index (χ2n) is 11.3. The molecular formula is C37H46N6O5. The van der Waals surface area contributed by atoms with Crippen molar-refractivity contribution in [2.75, 3.05) is 57.7 Å². The van der Waals surface area contributed by atoms with Crippen molar-refractivity contribution in [2.24, 2.45) is 0 Å². The van der Waals surface area contributed by atoms with Crippen LogP contribution in [0.15, 0.2) is 66.7 Å². The number of aryl methyl sites for hydroxylation is 1. The van der Waals surface area contributed by atoms with Crippen LogP contribution in [0.1, 0.15) is 48.2 Å². The van der Waals surface area contributed by atoms with E-state index in [9.17, 15) is 9.59 Å². The summed E-state index contributed by atoms with van der Waals surface area (Å²) in [4.78, 5) is 39.3. The van der Waals surface area contributed by atoms with Crippen molar-refractivity contribution in [3.63, 3.8) is 0 Å². The quantitative estimate of drug-likeness (QED) is 0.131. The zero-order valence-corrected chi connectivity index (χ0v) is 28.9. The predicted octanol–water partition coefficient (Wildman–Crippen LogP) is 7.01. The second kappa shape index (κ2) is 17.1. The van der Waals surface area contributed by atoms with Crippen LogP contribution in [0.4, 0.5) is 22.1 Å². The van der Waals surface area contributed by atoms with Gasteiger partial charge in [0.2, 0.25) is 11.8 Å². The summed E-state index contributed by atoms with van der Waals surface area (Å²) in [5.74, 6) is 1.12. The number of anilines is 3. The Bertz CT molecular complexity index is 1710. The Morgan fingerprint density at radius 3 is 2.38 bits per heavy atom. The van der Waals surface area contributed by atoms with Crippen molar-refractivity contribution in [2.45, 2.75) is 40.5 Å². The predicted molar refractivity (Wildman–Crippen MR) is 190 cm³/mol. The van der Waals surface area contributed by atoms with Gasteiger partial charge in [0.05, 0.1) is 25.6 Å². The molecule has 0 aliphatic rings. The molecule has 11 nitrogen and oxygen atoms in total. The Morgan fingerprint density at radius 1 is 0.875 bits per heavy atom. The topological polar surface area (TPSA) is 118 Å². The number of unbranched alkanes of at least 4 members (excludes halogenated alkanes) is 1. The molecule has 0 aliphatic heterocycles. The lowest BCUT2D eigenvalue weighted by Crippen LogP contribution is -2.30. The maximum absolute atomic E-state index is 13.4.